The molecule has 3 aromatic carbocycles. The van der Waals surface area contributed by atoms with Crippen LogP contribution in [0.5, 0.6) is 0 Å². The Morgan fingerprint density at radius 2 is 1.24 bits per heavy atom. The van der Waals surface area contributed by atoms with E-state index in [1.807, 2.05) is 33.8 Å². The third-order valence-corrected chi connectivity index (χ3v) is 10.6. The van der Waals surface area contributed by atoms with Crippen molar-refractivity contribution in [2.45, 2.75) is 37.5 Å². The van der Waals surface area contributed by atoms with Crippen LogP contribution in [0.3, 0.4) is 0 Å². The fourth-order valence-corrected chi connectivity index (χ4v) is 7.12. The standard InChI is InChI=1S/C28H33N3O5S2/c1-21-5-11-26(12-6-21)37(33,34)30-17-15-29(16-18-30)28(32)20-31(25-10-9-23(3)24(4)19-25)38(35,36)27-13-7-22(2)8-14-27/h5-14,19H,15-18,20H2,1-4H3. The van der Waals surface area contributed by atoms with Crippen LogP contribution < -0.4 is 4.31 Å². The molecule has 1 saturated heterocycles. The highest BCUT2D eigenvalue weighted by molar-refractivity contribution is 7.92. The minimum Gasteiger partial charge on any atom is -0.338 e. The first-order valence-electron chi connectivity index (χ1n) is 12.4. The number of amides is 1. The lowest BCUT2D eigenvalue weighted by Crippen LogP contribution is -2.53. The van der Waals surface area contributed by atoms with Crippen molar-refractivity contribution in [2.75, 3.05) is 37.0 Å². The smallest absolute Gasteiger partial charge is 0.264 e. The molecule has 1 aliphatic heterocycles. The summed E-state index contributed by atoms with van der Waals surface area (Å²) in [4.78, 5) is 15.2. The molecule has 0 atom stereocenters. The maximum absolute atomic E-state index is 13.7. The SMILES string of the molecule is Cc1ccc(S(=O)(=O)N2CCN(C(=O)CN(c3ccc(C)c(C)c3)S(=O)(=O)c3ccc(C)cc3)CC2)cc1. The molecular weight excluding hydrogens is 522 g/mol. The summed E-state index contributed by atoms with van der Waals surface area (Å²) in [7, 11) is -7.70. The van der Waals surface area contributed by atoms with Gasteiger partial charge in [-0.15, -0.1) is 0 Å². The minimum atomic E-state index is -4.03. The second kappa shape index (κ2) is 10.9. The number of hydrogen-bond donors (Lipinski definition) is 0. The van der Waals surface area contributed by atoms with Crippen molar-refractivity contribution in [1.82, 2.24) is 9.21 Å². The molecule has 0 radical (unpaired) electrons. The van der Waals surface area contributed by atoms with E-state index in [0.29, 0.717) is 5.69 Å². The molecule has 3 aromatic rings. The average molecular weight is 556 g/mol. The summed E-state index contributed by atoms with van der Waals surface area (Å²) in [5.41, 5.74) is 4.22. The fourth-order valence-electron chi connectivity index (χ4n) is 4.29. The van der Waals surface area contributed by atoms with E-state index >= 15 is 0 Å². The molecule has 0 aromatic heterocycles. The summed E-state index contributed by atoms with van der Waals surface area (Å²) in [5, 5.41) is 0. The quantitative estimate of drug-likeness (QED) is 0.444. The normalized spacial score (nSPS) is 14.9. The zero-order valence-corrected chi connectivity index (χ0v) is 23.7. The van der Waals surface area contributed by atoms with Crippen molar-refractivity contribution < 1.29 is 21.6 Å². The molecular formula is C28H33N3O5S2. The van der Waals surface area contributed by atoms with E-state index in [0.717, 1.165) is 26.6 Å². The summed E-state index contributed by atoms with van der Waals surface area (Å²) >= 11 is 0. The second-order valence-electron chi connectivity index (χ2n) is 9.69. The molecule has 0 spiro atoms. The van der Waals surface area contributed by atoms with Gasteiger partial charge in [-0.3, -0.25) is 9.10 Å². The molecule has 0 aliphatic carbocycles. The topological polar surface area (TPSA) is 95.1 Å². The van der Waals surface area contributed by atoms with Crippen LogP contribution in [0.1, 0.15) is 22.3 Å². The van der Waals surface area contributed by atoms with Gasteiger partial charge in [0.2, 0.25) is 15.9 Å². The molecule has 0 unspecified atom stereocenters. The number of sulfonamides is 2. The van der Waals surface area contributed by atoms with Crippen molar-refractivity contribution in [2.24, 2.45) is 0 Å². The van der Waals surface area contributed by atoms with Gasteiger partial charge >= 0.3 is 0 Å². The maximum Gasteiger partial charge on any atom is 0.264 e. The van der Waals surface area contributed by atoms with E-state index in [-0.39, 0.29) is 48.4 Å². The van der Waals surface area contributed by atoms with Crippen LogP contribution in [-0.4, -0.2) is 64.7 Å². The van der Waals surface area contributed by atoms with Gasteiger partial charge in [-0.05, 0) is 75.2 Å². The van der Waals surface area contributed by atoms with Crippen LogP contribution in [-0.2, 0) is 24.8 Å². The zero-order valence-electron chi connectivity index (χ0n) is 22.1. The van der Waals surface area contributed by atoms with Crippen molar-refractivity contribution in [1.29, 1.82) is 0 Å². The van der Waals surface area contributed by atoms with Crippen LogP contribution in [0, 0.1) is 27.7 Å². The summed E-state index contributed by atoms with van der Waals surface area (Å²) in [6.07, 6.45) is 0. The van der Waals surface area contributed by atoms with Gasteiger partial charge in [-0.25, -0.2) is 16.8 Å². The Morgan fingerprint density at radius 3 is 1.76 bits per heavy atom. The van der Waals surface area contributed by atoms with Gasteiger partial charge in [0.25, 0.3) is 10.0 Å². The van der Waals surface area contributed by atoms with E-state index in [4.69, 9.17) is 0 Å². The molecule has 0 saturated carbocycles. The Morgan fingerprint density at radius 1 is 0.711 bits per heavy atom. The molecule has 10 heteroatoms. The second-order valence-corrected chi connectivity index (χ2v) is 13.5. The average Bonchev–Trinajstić information content (AvgIpc) is 2.89. The highest BCUT2D eigenvalue weighted by atomic mass is 32.2. The number of hydrogen-bond acceptors (Lipinski definition) is 5. The highest BCUT2D eigenvalue weighted by Gasteiger charge is 2.33. The minimum absolute atomic E-state index is 0.100. The van der Waals surface area contributed by atoms with E-state index in [1.165, 1.54) is 21.3 Å². The third-order valence-electron chi connectivity index (χ3n) is 6.92. The number of rotatable bonds is 7. The molecule has 0 bridgehead atoms. The first-order chi connectivity index (χ1) is 17.9. The van der Waals surface area contributed by atoms with Crippen LogP contribution in [0.15, 0.2) is 76.5 Å². The van der Waals surface area contributed by atoms with Gasteiger partial charge < -0.3 is 4.90 Å². The molecule has 202 valence electrons. The predicted octanol–water partition coefficient (Wildman–Crippen LogP) is 3.65. The van der Waals surface area contributed by atoms with Crippen LogP contribution in [0.4, 0.5) is 5.69 Å². The highest BCUT2D eigenvalue weighted by Crippen LogP contribution is 2.27. The molecule has 1 fully saturated rings. The Labute approximate surface area is 225 Å². The number of aryl methyl sites for hydroxylation is 4. The molecule has 4 rings (SSSR count). The Kier molecular flexibility index (Phi) is 7.96. The van der Waals surface area contributed by atoms with Crippen LogP contribution >= 0.6 is 0 Å². The Hall–Kier alpha value is -3.21. The third kappa shape index (κ3) is 5.77. The zero-order chi connectivity index (χ0) is 27.7. The molecule has 1 aliphatic rings. The summed E-state index contributed by atoms with van der Waals surface area (Å²) in [6, 6.07) is 18.5. The lowest BCUT2D eigenvalue weighted by Gasteiger charge is -2.35. The number of nitrogens with zero attached hydrogens (tertiary/aromatic N) is 3. The van der Waals surface area contributed by atoms with E-state index in [2.05, 4.69) is 0 Å². The van der Waals surface area contributed by atoms with Crippen LogP contribution in [0.25, 0.3) is 0 Å². The molecule has 1 amide bonds. The van der Waals surface area contributed by atoms with E-state index in [9.17, 15) is 21.6 Å². The summed E-state index contributed by atoms with van der Waals surface area (Å²) < 4.78 is 56.0. The first kappa shape index (κ1) is 27.8. The number of benzene rings is 3. The van der Waals surface area contributed by atoms with Gasteiger partial charge in [0.05, 0.1) is 15.5 Å². The summed E-state index contributed by atoms with van der Waals surface area (Å²) in [5.74, 6) is -0.383. The number of carbonyl (C=O) groups excluding carboxylic acids is 1. The Balaban J connectivity index is 1.54. The number of piperazine rings is 1. The van der Waals surface area contributed by atoms with Crippen molar-refractivity contribution in [3.05, 3.63) is 89.0 Å². The lowest BCUT2D eigenvalue weighted by atomic mass is 10.1. The van der Waals surface area contributed by atoms with E-state index < -0.39 is 20.0 Å². The summed E-state index contributed by atoms with van der Waals surface area (Å²) in [6.45, 7) is 7.83. The fraction of sp³-hybridized carbons (Fsp3) is 0.321. The van der Waals surface area contributed by atoms with Gasteiger partial charge in [0, 0.05) is 26.2 Å². The van der Waals surface area contributed by atoms with Gasteiger partial charge in [-0.1, -0.05) is 41.5 Å². The van der Waals surface area contributed by atoms with Gasteiger partial charge in [-0.2, -0.15) is 4.31 Å². The molecule has 1 heterocycles. The van der Waals surface area contributed by atoms with Crippen molar-refractivity contribution in [3.8, 4) is 0 Å². The van der Waals surface area contributed by atoms with Crippen molar-refractivity contribution >= 4 is 31.6 Å². The Bertz CT molecular complexity index is 1530. The van der Waals surface area contributed by atoms with Gasteiger partial charge in [0.15, 0.2) is 0 Å². The predicted molar refractivity (Wildman–Crippen MR) is 148 cm³/mol. The monoisotopic (exact) mass is 555 g/mol. The maximum atomic E-state index is 13.7. The number of carbonyl (C=O) groups is 1. The van der Waals surface area contributed by atoms with Crippen molar-refractivity contribution in [3.63, 3.8) is 0 Å². The molecule has 0 N–H and O–H groups in total. The first-order valence-corrected chi connectivity index (χ1v) is 15.3. The van der Waals surface area contributed by atoms with Gasteiger partial charge in [0.1, 0.15) is 6.54 Å². The molecule has 38 heavy (non-hydrogen) atoms. The number of anilines is 1. The largest absolute Gasteiger partial charge is 0.338 e. The molecule has 8 nitrogen and oxygen atoms in total. The lowest BCUT2D eigenvalue weighted by molar-refractivity contribution is -0.130. The van der Waals surface area contributed by atoms with E-state index in [1.54, 1.807) is 48.5 Å². The van der Waals surface area contributed by atoms with Crippen LogP contribution in [0.2, 0.25) is 0 Å².